The molecular formula is C12H16FNO4S. The molecule has 0 spiro atoms. The molecule has 1 N–H and O–H groups in total. The van der Waals surface area contributed by atoms with Crippen molar-refractivity contribution < 1.29 is 22.7 Å². The van der Waals surface area contributed by atoms with Crippen molar-refractivity contribution in [3.8, 4) is 0 Å². The first kappa shape index (κ1) is 15.6. The van der Waals surface area contributed by atoms with Crippen molar-refractivity contribution in [1.29, 1.82) is 0 Å². The molecule has 1 aromatic carbocycles. The van der Waals surface area contributed by atoms with Crippen LogP contribution >= 0.6 is 0 Å². The molecule has 2 unspecified atom stereocenters. The minimum Gasteiger partial charge on any atom is -0.480 e. The summed E-state index contributed by atoms with van der Waals surface area (Å²) in [6.45, 7) is 2.59. The lowest BCUT2D eigenvalue weighted by Crippen LogP contribution is -2.40. The zero-order chi connectivity index (χ0) is 14.8. The van der Waals surface area contributed by atoms with Crippen LogP contribution in [0.1, 0.15) is 25.5 Å². The topological polar surface area (TPSA) is 74.7 Å². The summed E-state index contributed by atoms with van der Waals surface area (Å²) in [5, 5.41) is 7.22. The van der Waals surface area contributed by atoms with Crippen molar-refractivity contribution in [3.05, 3.63) is 35.6 Å². The molecule has 0 amide bonds. The normalized spacial score (nSPS) is 15.2. The number of benzene rings is 1. The Kier molecular flexibility index (Phi) is 4.65. The molecule has 2 atom stereocenters. The highest BCUT2D eigenvalue weighted by Gasteiger charge is 2.35. The van der Waals surface area contributed by atoms with Gasteiger partial charge in [-0.05, 0) is 19.9 Å². The van der Waals surface area contributed by atoms with Gasteiger partial charge in [-0.1, -0.05) is 18.2 Å². The number of rotatable bonds is 5. The van der Waals surface area contributed by atoms with Crippen molar-refractivity contribution in [2.75, 3.05) is 7.05 Å². The van der Waals surface area contributed by atoms with Crippen molar-refractivity contribution >= 4 is 16.0 Å². The number of carboxylic acid groups (broad SMARTS) is 1. The molecule has 0 radical (unpaired) electrons. The van der Waals surface area contributed by atoms with E-state index in [2.05, 4.69) is 0 Å². The second-order valence-electron chi connectivity index (χ2n) is 4.24. The predicted octanol–water partition coefficient (Wildman–Crippen LogP) is 1.62. The van der Waals surface area contributed by atoms with Crippen molar-refractivity contribution in [2.24, 2.45) is 0 Å². The van der Waals surface area contributed by atoms with E-state index in [1.165, 1.54) is 32.2 Å². The van der Waals surface area contributed by atoms with Gasteiger partial charge in [-0.2, -0.15) is 4.31 Å². The third kappa shape index (κ3) is 3.10. The highest BCUT2D eigenvalue weighted by Crippen LogP contribution is 2.25. The highest BCUT2D eigenvalue weighted by molar-refractivity contribution is 7.90. The zero-order valence-corrected chi connectivity index (χ0v) is 11.7. The molecule has 1 rings (SSSR count). The molecule has 0 aromatic heterocycles. The van der Waals surface area contributed by atoms with Crippen LogP contribution < -0.4 is 0 Å². The summed E-state index contributed by atoms with van der Waals surface area (Å²) in [6.07, 6.45) is 0. The molecule has 0 aliphatic carbocycles. The lowest BCUT2D eigenvalue weighted by atomic mass is 10.1. The molecule has 0 saturated heterocycles. The number of halogens is 1. The van der Waals surface area contributed by atoms with Gasteiger partial charge in [0.25, 0.3) is 0 Å². The predicted molar refractivity (Wildman–Crippen MR) is 68.6 cm³/mol. The van der Waals surface area contributed by atoms with E-state index >= 15 is 0 Å². The Labute approximate surface area is 111 Å². The summed E-state index contributed by atoms with van der Waals surface area (Å²) >= 11 is 0. The van der Waals surface area contributed by atoms with Crippen LogP contribution in [0.15, 0.2) is 24.3 Å². The summed E-state index contributed by atoms with van der Waals surface area (Å²) in [7, 11) is -2.79. The van der Waals surface area contributed by atoms with Gasteiger partial charge in [-0.25, -0.2) is 12.8 Å². The summed E-state index contributed by atoms with van der Waals surface area (Å²) in [5.41, 5.74) is 0.200. The summed E-state index contributed by atoms with van der Waals surface area (Å²) < 4.78 is 38.5. The first-order valence-electron chi connectivity index (χ1n) is 5.63. The van der Waals surface area contributed by atoms with Gasteiger partial charge in [0.2, 0.25) is 10.0 Å². The molecule has 19 heavy (non-hydrogen) atoms. The minimum atomic E-state index is -4.04. The van der Waals surface area contributed by atoms with Crippen LogP contribution in [0.25, 0.3) is 0 Å². The number of aliphatic carboxylic acids is 1. The third-order valence-corrected chi connectivity index (χ3v) is 5.31. The number of hydrogen-bond acceptors (Lipinski definition) is 3. The van der Waals surface area contributed by atoms with Crippen molar-refractivity contribution in [3.63, 3.8) is 0 Å². The van der Waals surface area contributed by atoms with Gasteiger partial charge in [0.1, 0.15) is 5.82 Å². The fourth-order valence-electron chi connectivity index (χ4n) is 1.61. The standard InChI is InChI=1S/C12H16FNO4S/c1-8(10-6-4-5-7-11(10)13)14(3)19(17,18)9(2)12(15)16/h4-9H,1-3H3,(H,15,16). The fourth-order valence-corrected chi connectivity index (χ4v) is 2.91. The Bertz CT molecular complexity index is 573. The van der Waals surface area contributed by atoms with Crippen LogP contribution in [-0.4, -0.2) is 36.1 Å². The number of nitrogens with zero attached hydrogens (tertiary/aromatic N) is 1. The Hall–Kier alpha value is -1.47. The molecule has 0 fully saturated rings. The number of hydrogen-bond donors (Lipinski definition) is 1. The molecule has 0 aliphatic rings. The van der Waals surface area contributed by atoms with E-state index in [0.29, 0.717) is 0 Å². The fraction of sp³-hybridized carbons (Fsp3) is 0.417. The van der Waals surface area contributed by atoms with E-state index in [0.717, 1.165) is 11.2 Å². The second-order valence-corrected chi connectivity index (χ2v) is 6.55. The van der Waals surface area contributed by atoms with E-state index < -0.39 is 33.1 Å². The van der Waals surface area contributed by atoms with Crippen LogP contribution in [0.2, 0.25) is 0 Å². The number of carboxylic acids is 1. The first-order valence-corrected chi connectivity index (χ1v) is 7.14. The van der Waals surface area contributed by atoms with Gasteiger partial charge in [0.15, 0.2) is 5.25 Å². The van der Waals surface area contributed by atoms with E-state index in [9.17, 15) is 17.6 Å². The molecule has 7 heteroatoms. The highest BCUT2D eigenvalue weighted by atomic mass is 32.2. The minimum absolute atomic E-state index is 0.200. The maximum atomic E-state index is 13.6. The first-order chi connectivity index (χ1) is 8.69. The van der Waals surface area contributed by atoms with E-state index in [1.807, 2.05) is 0 Å². The van der Waals surface area contributed by atoms with Gasteiger partial charge in [-0.3, -0.25) is 4.79 Å². The van der Waals surface area contributed by atoms with Gasteiger partial charge in [0.05, 0.1) is 0 Å². The van der Waals surface area contributed by atoms with Crippen LogP contribution in [0.5, 0.6) is 0 Å². The van der Waals surface area contributed by atoms with Crippen LogP contribution in [0.4, 0.5) is 4.39 Å². The van der Waals surface area contributed by atoms with Crippen molar-refractivity contribution in [1.82, 2.24) is 4.31 Å². The lowest BCUT2D eigenvalue weighted by molar-refractivity contribution is -0.136. The Balaban J connectivity index is 3.11. The van der Waals surface area contributed by atoms with E-state index in [4.69, 9.17) is 5.11 Å². The molecule has 1 aromatic rings. The smallest absolute Gasteiger partial charge is 0.323 e. The monoisotopic (exact) mass is 289 g/mol. The van der Waals surface area contributed by atoms with Gasteiger partial charge >= 0.3 is 5.97 Å². The van der Waals surface area contributed by atoms with Crippen LogP contribution in [0.3, 0.4) is 0 Å². The Morgan fingerprint density at radius 1 is 1.32 bits per heavy atom. The lowest BCUT2D eigenvalue weighted by Gasteiger charge is -2.26. The van der Waals surface area contributed by atoms with Crippen LogP contribution in [-0.2, 0) is 14.8 Å². The van der Waals surface area contributed by atoms with Crippen molar-refractivity contribution in [2.45, 2.75) is 25.1 Å². The van der Waals surface area contributed by atoms with Gasteiger partial charge in [0, 0.05) is 18.7 Å². The largest absolute Gasteiger partial charge is 0.480 e. The van der Waals surface area contributed by atoms with Crippen LogP contribution in [0, 0.1) is 5.82 Å². The SMILES string of the molecule is CC(c1ccccc1F)N(C)S(=O)(=O)C(C)C(=O)O. The molecule has 106 valence electrons. The maximum Gasteiger partial charge on any atom is 0.323 e. The summed E-state index contributed by atoms with van der Waals surface area (Å²) in [5.74, 6) is -1.97. The summed E-state index contributed by atoms with van der Waals surface area (Å²) in [4.78, 5) is 10.8. The molecule has 0 aliphatic heterocycles. The second kappa shape index (κ2) is 5.66. The number of carbonyl (C=O) groups is 1. The zero-order valence-electron chi connectivity index (χ0n) is 10.9. The van der Waals surface area contributed by atoms with E-state index in [1.54, 1.807) is 6.07 Å². The third-order valence-electron chi connectivity index (χ3n) is 3.10. The molecule has 0 heterocycles. The molecule has 0 bridgehead atoms. The quantitative estimate of drug-likeness (QED) is 0.894. The molecular weight excluding hydrogens is 273 g/mol. The van der Waals surface area contributed by atoms with E-state index in [-0.39, 0.29) is 5.56 Å². The summed E-state index contributed by atoms with van der Waals surface area (Å²) in [6, 6.07) is 5.01. The average Bonchev–Trinajstić information content (AvgIpc) is 2.36. The molecule has 0 saturated carbocycles. The maximum absolute atomic E-state index is 13.6. The average molecular weight is 289 g/mol. The Morgan fingerprint density at radius 2 is 1.84 bits per heavy atom. The number of sulfonamides is 1. The molecule has 5 nitrogen and oxygen atoms in total. The van der Waals surface area contributed by atoms with Gasteiger partial charge < -0.3 is 5.11 Å². The van der Waals surface area contributed by atoms with Gasteiger partial charge in [-0.15, -0.1) is 0 Å². The Morgan fingerprint density at radius 3 is 2.32 bits per heavy atom.